The Morgan fingerprint density at radius 1 is 1.18 bits per heavy atom. The van der Waals surface area contributed by atoms with Crippen LogP contribution in [0.15, 0.2) is 59.8 Å². The van der Waals surface area contributed by atoms with Gasteiger partial charge in [0.05, 0.1) is 17.3 Å². The molecule has 0 saturated carbocycles. The minimum Gasteiger partial charge on any atom is -0.382 e. The summed E-state index contributed by atoms with van der Waals surface area (Å²) < 4.78 is 0. The number of nitrogens with zero attached hydrogens (tertiary/aromatic N) is 2. The molecular weight excluding hydrogens is 278 g/mol. The van der Waals surface area contributed by atoms with Gasteiger partial charge < -0.3 is 10.2 Å². The summed E-state index contributed by atoms with van der Waals surface area (Å²) in [6.45, 7) is 0. The van der Waals surface area contributed by atoms with Gasteiger partial charge in [0.1, 0.15) is 0 Å². The quantitative estimate of drug-likeness (QED) is 0.944. The van der Waals surface area contributed by atoms with E-state index in [1.54, 1.807) is 24.3 Å². The Kier molecular flexibility index (Phi) is 3.84. The van der Waals surface area contributed by atoms with Crippen molar-refractivity contribution in [1.82, 2.24) is 0 Å². The largest absolute Gasteiger partial charge is 0.382 e. The zero-order valence-corrected chi connectivity index (χ0v) is 11.7. The first kappa shape index (κ1) is 13.8. The summed E-state index contributed by atoms with van der Waals surface area (Å²) in [5, 5.41) is 15.5. The molecule has 2 aromatic carbocycles. The van der Waals surface area contributed by atoms with Gasteiger partial charge in [-0.25, -0.2) is 0 Å². The molecule has 0 aromatic heterocycles. The van der Waals surface area contributed by atoms with Gasteiger partial charge in [0, 0.05) is 12.1 Å². The molecule has 3 rings (SSSR count). The van der Waals surface area contributed by atoms with Crippen molar-refractivity contribution in [3.8, 4) is 6.07 Å². The maximum Gasteiger partial charge on any atom is 0.268 e. The second-order valence-corrected chi connectivity index (χ2v) is 4.88. The summed E-state index contributed by atoms with van der Waals surface area (Å²) in [5.41, 5.74) is 2.89. The number of anilines is 1. The van der Waals surface area contributed by atoms with Crippen LogP contribution < -0.4 is 5.32 Å². The zero-order valence-electron chi connectivity index (χ0n) is 11.7. The third kappa shape index (κ3) is 2.96. The predicted octanol–water partition coefficient (Wildman–Crippen LogP) is 2.69. The summed E-state index contributed by atoms with van der Waals surface area (Å²) in [4.78, 5) is 17.4. The summed E-state index contributed by atoms with van der Waals surface area (Å²) in [6, 6.07) is 18.3. The van der Waals surface area contributed by atoms with E-state index in [0.29, 0.717) is 17.7 Å². The third-order valence-corrected chi connectivity index (χ3v) is 3.35. The number of nitriles is 1. The molecule has 0 bridgehead atoms. The van der Waals surface area contributed by atoms with Crippen LogP contribution in [0, 0.1) is 11.3 Å². The van der Waals surface area contributed by atoms with E-state index in [9.17, 15) is 4.79 Å². The molecule has 1 aliphatic rings. The molecule has 0 aliphatic carbocycles. The number of hydrogen-bond acceptors (Lipinski definition) is 4. The maximum absolute atomic E-state index is 12.2. The Labute approximate surface area is 127 Å². The van der Waals surface area contributed by atoms with Gasteiger partial charge >= 0.3 is 0 Å². The standard InChI is InChI=1S/C17H13N3O2/c18-11-12-6-8-14(9-7-12)19-17(21)16-10-15(20-22-16)13-4-2-1-3-5-13/h1-9,16H,10H2,(H,19,21)/t16-/m1/s1. The van der Waals surface area contributed by atoms with Crippen LogP contribution in [0.1, 0.15) is 17.5 Å². The molecule has 1 N–H and O–H groups in total. The van der Waals surface area contributed by atoms with Gasteiger partial charge in [0.25, 0.3) is 5.91 Å². The molecule has 0 unspecified atom stereocenters. The van der Waals surface area contributed by atoms with Crippen LogP contribution in [0.5, 0.6) is 0 Å². The van der Waals surface area contributed by atoms with E-state index < -0.39 is 6.10 Å². The highest BCUT2D eigenvalue weighted by Gasteiger charge is 2.28. The lowest BCUT2D eigenvalue weighted by Crippen LogP contribution is -2.28. The number of carbonyl (C=O) groups excluding carboxylic acids is 1. The van der Waals surface area contributed by atoms with E-state index >= 15 is 0 Å². The van der Waals surface area contributed by atoms with Crippen molar-refractivity contribution in [3.63, 3.8) is 0 Å². The molecule has 1 atom stereocenters. The van der Waals surface area contributed by atoms with E-state index in [1.807, 2.05) is 36.4 Å². The molecule has 22 heavy (non-hydrogen) atoms. The normalized spacial score (nSPS) is 16.3. The second kappa shape index (κ2) is 6.10. The van der Waals surface area contributed by atoms with Gasteiger partial charge in [-0.05, 0) is 29.8 Å². The van der Waals surface area contributed by atoms with Gasteiger partial charge in [-0.2, -0.15) is 5.26 Å². The average molecular weight is 291 g/mol. The Morgan fingerprint density at radius 2 is 1.91 bits per heavy atom. The van der Waals surface area contributed by atoms with E-state index in [-0.39, 0.29) is 5.91 Å². The SMILES string of the molecule is N#Cc1ccc(NC(=O)[C@H]2CC(c3ccccc3)=NO2)cc1. The van der Waals surface area contributed by atoms with Crippen molar-refractivity contribution in [2.45, 2.75) is 12.5 Å². The Balaban J connectivity index is 1.62. The smallest absolute Gasteiger partial charge is 0.268 e. The van der Waals surface area contributed by atoms with Crippen LogP contribution in [0.25, 0.3) is 0 Å². The van der Waals surface area contributed by atoms with Gasteiger partial charge in [0.2, 0.25) is 6.10 Å². The first-order valence-corrected chi connectivity index (χ1v) is 6.85. The Morgan fingerprint density at radius 3 is 2.59 bits per heavy atom. The maximum atomic E-state index is 12.2. The van der Waals surface area contributed by atoms with Crippen LogP contribution in [0.4, 0.5) is 5.69 Å². The Bertz CT molecular complexity index is 746. The fourth-order valence-electron chi connectivity index (χ4n) is 2.17. The molecule has 2 aromatic rings. The molecule has 1 heterocycles. The number of rotatable bonds is 3. The molecule has 0 saturated heterocycles. The van der Waals surface area contributed by atoms with Crippen LogP contribution in [0.2, 0.25) is 0 Å². The fraction of sp³-hybridized carbons (Fsp3) is 0.118. The number of hydrogen-bond donors (Lipinski definition) is 1. The highest BCUT2D eigenvalue weighted by Crippen LogP contribution is 2.18. The number of carbonyl (C=O) groups is 1. The summed E-state index contributed by atoms with van der Waals surface area (Å²) in [7, 11) is 0. The van der Waals surface area contributed by atoms with Gasteiger partial charge in [0.15, 0.2) is 0 Å². The number of nitrogens with one attached hydrogen (secondary N) is 1. The lowest BCUT2D eigenvalue weighted by atomic mass is 10.0. The van der Waals surface area contributed by atoms with E-state index in [2.05, 4.69) is 10.5 Å². The number of benzene rings is 2. The van der Waals surface area contributed by atoms with Crippen LogP contribution in [-0.4, -0.2) is 17.7 Å². The minimum absolute atomic E-state index is 0.251. The summed E-state index contributed by atoms with van der Waals surface area (Å²) in [6.07, 6.45) is -0.197. The zero-order chi connectivity index (χ0) is 15.4. The van der Waals surface area contributed by atoms with Crippen LogP contribution in [0.3, 0.4) is 0 Å². The summed E-state index contributed by atoms with van der Waals surface area (Å²) in [5.74, 6) is -0.251. The molecule has 0 spiro atoms. The molecular formula is C17H13N3O2. The average Bonchev–Trinajstić information content (AvgIpc) is 3.06. The molecule has 0 radical (unpaired) electrons. The van der Waals surface area contributed by atoms with E-state index in [1.165, 1.54) is 0 Å². The van der Waals surface area contributed by atoms with Crippen molar-refractivity contribution >= 4 is 17.3 Å². The molecule has 1 aliphatic heterocycles. The van der Waals surface area contributed by atoms with Crippen LogP contribution >= 0.6 is 0 Å². The van der Waals surface area contributed by atoms with Crippen LogP contribution in [-0.2, 0) is 9.63 Å². The van der Waals surface area contributed by atoms with Crippen molar-refractivity contribution < 1.29 is 9.63 Å². The minimum atomic E-state index is -0.633. The Hall–Kier alpha value is -3.13. The van der Waals surface area contributed by atoms with Crippen molar-refractivity contribution in [3.05, 3.63) is 65.7 Å². The summed E-state index contributed by atoms with van der Waals surface area (Å²) >= 11 is 0. The molecule has 5 heteroatoms. The van der Waals surface area contributed by atoms with E-state index in [0.717, 1.165) is 11.3 Å². The molecule has 5 nitrogen and oxygen atoms in total. The third-order valence-electron chi connectivity index (χ3n) is 3.35. The molecule has 108 valence electrons. The highest BCUT2D eigenvalue weighted by atomic mass is 16.6. The topological polar surface area (TPSA) is 74.5 Å². The van der Waals surface area contributed by atoms with Gasteiger partial charge in [-0.1, -0.05) is 35.5 Å². The lowest BCUT2D eigenvalue weighted by Gasteiger charge is -2.09. The number of oxime groups is 1. The van der Waals surface area contributed by atoms with Crippen molar-refractivity contribution in [2.75, 3.05) is 5.32 Å². The molecule has 1 amide bonds. The second-order valence-electron chi connectivity index (χ2n) is 4.88. The first-order valence-electron chi connectivity index (χ1n) is 6.85. The highest BCUT2D eigenvalue weighted by molar-refractivity contribution is 6.06. The van der Waals surface area contributed by atoms with Crippen molar-refractivity contribution in [1.29, 1.82) is 5.26 Å². The number of amides is 1. The van der Waals surface area contributed by atoms with Gasteiger partial charge in [-0.3, -0.25) is 4.79 Å². The monoisotopic (exact) mass is 291 g/mol. The van der Waals surface area contributed by atoms with Crippen molar-refractivity contribution in [2.24, 2.45) is 5.16 Å². The van der Waals surface area contributed by atoms with Gasteiger partial charge in [-0.15, -0.1) is 0 Å². The fourth-order valence-corrected chi connectivity index (χ4v) is 2.17. The molecule has 0 fully saturated rings. The van der Waals surface area contributed by atoms with E-state index in [4.69, 9.17) is 10.1 Å². The predicted molar refractivity (Wildman–Crippen MR) is 82.3 cm³/mol. The first-order chi connectivity index (χ1) is 10.8. The lowest BCUT2D eigenvalue weighted by molar-refractivity contribution is -0.125.